The third kappa shape index (κ3) is 5.20. The predicted octanol–water partition coefficient (Wildman–Crippen LogP) is 5.55. The summed E-state index contributed by atoms with van der Waals surface area (Å²) in [6, 6.07) is 24.2. The van der Waals surface area contributed by atoms with E-state index >= 15 is 0 Å². The number of carbonyl (C=O) groups is 1. The van der Waals surface area contributed by atoms with E-state index in [0.717, 1.165) is 36.4 Å². The van der Waals surface area contributed by atoms with Crippen molar-refractivity contribution in [3.63, 3.8) is 0 Å². The van der Waals surface area contributed by atoms with Crippen molar-refractivity contribution in [2.24, 2.45) is 0 Å². The number of nitrogens with one attached hydrogen (secondary N) is 1. The van der Waals surface area contributed by atoms with Gasteiger partial charge in [-0.25, -0.2) is 0 Å². The van der Waals surface area contributed by atoms with E-state index in [1.54, 1.807) is 6.07 Å². The number of anilines is 1. The molecule has 0 heterocycles. The second-order valence-electron chi connectivity index (χ2n) is 6.04. The maximum Gasteiger partial charge on any atom is 0.150 e. The number of rotatable bonds is 7. The lowest BCUT2D eigenvalue weighted by molar-refractivity contribution is 0.112. The molecule has 0 saturated carbocycles. The van der Waals surface area contributed by atoms with Gasteiger partial charge in [0.25, 0.3) is 0 Å². The highest BCUT2D eigenvalue weighted by molar-refractivity contribution is 6.30. The second-order valence-corrected chi connectivity index (χ2v) is 6.48. The number of benzene rings is 3. The average Bonchev–Trinajstić information content (AvgIpc) is 2.67. The van der Waals surface area contributed by atoms with Gasteiger partial charge in [-0.15, -0.1) is 0 Å². The molecule has 0 bridgehead atoms. The molecule has 0 amide bonds. The Balaban J connectivity index is 1.53. The molecule has 0 unspecified atom stereocenters. The van der Waals surface area contributed by atoms with Gasteiger partial charge in [0.2, 0.25) is 0 Å². The van der Waals surface area contributed by atoms with Crippen molar-refractivity contribution >= 4 is 23.6 Å². The lowest BCUT2D eigenvalue weighted by Crippen LogP contribution is -2.00. The zero-order valence-electron chi connectivity index (χ0n) is 13.9. The quantitative estimate of drug-likeness (QED) is 0.566. The molecular weight excluding hydrogens is 330 g/mol. The van der Waals surface area contributed by atoms with Crippen molar-refractivity contribution in [3.8, 4) is 0 Å². The van der Waals surface area contributed by atoms with Crippen molar-refractivity contribution < 1.29 is 4.79 Å². The van der Waals surface area contributed by atoms with Crippen LogP contribution in [0.4, 0.5) is 5.69 Å². The fourth-order valence-corrected chi connectivity index (χ4v) is 2.82. The molecule has 0 saturated heterocycles. The van der Waals surface area contributed by atoms with Gasteiger partial charge in [-0.2, -0.15) is 0 Å². The average molecular weight is 350 g/mol. The molecule has 0 aliphatic heterocycles. The number of aldehydes is 1. The zero-order valence-corrected chi connectivity index (χ0v) is 14.7. The van der Waals surface area contributed by atoms with Gasteiger partial charge in [0.1, 0.15) is 6.29 Å². The Morgan fingerprint density at radius 2 is 1.40 bits per heavy atom. The predicted molar refractivity (Wildman–Crippen MR) is 104 cm³/mol. The Labute approximate surface area is 153 Å². The smallest absolute Gasteiger partial charge is 0.150 e. The molecule has 2 nitrogen and oxygen atoms in total. The topological polar surface area (TPSA) is 29.1 Å². The summed E-state index contributed by atoms with van der Waals surface area (Å²) in [6.07, 6.45) is 2.88. The highest BCUT2D eigenvalue weighted by atomic mass is 35.5. The molecule has 0 radical (unpaired) electrons. The SMILES string of the molecule is O=Cc1cccc(NCc2ccc(CCc3ccc(Cl)cc3)cc2)c1. The first-order valence-electron chi connectivity index (χ1n) is 8.34. The molecule has 126 valence electrons. The molecular formula is C22H20ClNO. The summed E-state index contributed by atoms with van der Waals surface area (Å²) < 4.78 is 0. The number of hydrogen-bond acceptors (Lipinski definition) is 2. The third-order valence-electron chi connectivity index (χ3n) is 4.16. The van der Waals surface area contributed by atoms with Gasteiger partial charge in [0.05, 0.1) is 0 Å². The summed E-state index contributed by atoms with van der Waals surface area (Å²) in [5.74, 6) is 0. The molecule has 3 heteroatoms. The van der Waals surface area contributed by atoms with E-state index in [2.05, 4.69) is 41.7 Å². The van der Waals surface area contributed by atoms with Crippen LogP contribution in [0.15, 0.2) is 72.8 Å². The van der Waals surface area contributed by atoms with Crippen LogP contribution in [0.5, 0.6) is 0 Å². The monoisotopic (exact) mass is 349 g/mol. The van der Waals surface area contributed by atoms with Crippen molar-refractivity contribution in [1.29, 1.82) is 0 Å². The summed E-state index contributed by atoms with van der Waals surface area (Å²) in [6.45, 7) is 0.736. The lowest BCUT2D eigenvalue weighted by Gasteiger charge is -2.08. The van der Waals surface area contributed by atoms with E-state index in [-0.39, 0.29) is 0 Å². The van der Waals surface area contributed by atoms with Gasteiger partial charge in [-0.05, 0) is 53.8 Å². The van der Waals surface area contributed by atoms with E-state index in [1.165, 1.54) is 16.7 Å². The van der Waals surface area contributed by atoms with Crippen LogP contribution in [0, 0.1) is 0 Å². The molecule has 3 aromatic rings. The Hall–Kier alpha value is -2.58. The van der Waals surface area contributed by atoms with Crippen LogP contribution >= 0.6 is 11.6 Å². The zero-order chi connectivity index (χ0) is 17.5. The summed E-state index contributed by atoms with van der Waals surface area (Å²) >= 11 is 5.91. The van der Waals surface area contributed by atoms with Gasteiger partial charge < -0.3 is 5.32 Å². The van der Waals surface area contributed by atoms with Gasteiger partial charge >= 0.3 is 0 Å². The van der Waals surface area contributed by atoms with E-state index in [4.69, 9.17) is 11.6 Å². The minimum atomic E-state index is 0.683. The number of halogens is 1. The summed E-state index contributed by atoms with van der Waals surface area (Å²) in [7, 11) is 0. The van der Waals surface area contributed by atoms with Crippen LogP contribution in [0.1, 0.15) is 27.0 Å². The van der Waals surface area contributed by atoms with Crippen LogP contribution in [-0.2, 0) is 19.4 Å². The fraction of sp³-hybridized carbons (Fsp3) is 0.136. The first-order valence-corrected chi connectivity index (χ1v) is 8.72. The Kier molecular flexibility index (Phi) is 5.86. The molecule has 25 heavy (non-hydrogen) atoms. The number of carbonyl (C=O) groups excluding carboxylic acids is 1. The lowest BCUT2D eigenvalue weighted by atomic mass is 10.0. The molecule has 0 aromatic heterocycles. The van der Waals surface area contributed by atoms with E-state index < -0.39 is 0 Å². The third-order valence-corrected chi connectivity index (χ3v) is 4.41. The van der Waals surface area contributed by atoms with E-state index in [0.29, 0.717) is 5.56 Å². The Morgan fingerprint density at radius 3 is 2.04 bits per heavy atom. The maximum atomic E-state index is 10.8. The minimum Gasteiger partial charge on any atom is -0.381 e. The summed E-state index contributed by atoms with van der Waals surface area (Å²) in [4.78, 5) is 10.8. The van der Waals surface area contributed by atoms with Crippen LogP contribution in [0.2, 0.25) is 5.02 Å². The Bertz CT molecular complexity index is 825. The molecule has 3 aromatic carbocycles. The standard InChI is InChI=1S/C22H20ClNO/c23-21-12-10-18(11-13-21)5-4-17-6-8-19(9-7-17)15-24-22-3-1-2-20(14-22)16-25/h1-3,6-14,16,24H,4-5,15H2. The van der Waals surface area contributed by atoms with Gasteiger partial charge in [0.15, 0.2) is 0 Å². The van der Waals surface area contributed by atoms with Crippen molar-refractivity contribution in [2.45, 2.75) is 19.4 Å². The summed E-state index contributed by atoms with van der Waals surface area (Å²) in [5, 5.41) is 4.12. The molecule has 0 atom stereocenters. The first-order chi connectivity index (χ1) is 12.2. The molecule has 0 aliphatic carbocycles. The van der Waals surface area contributed by atoms with Crippen LogP contribution in [0.3, 0.4) is 0 Å². The maximum absolute atomic E-state index is 10.8. The summed E-state index contributed by atoms with van der Waals surface area (Å²) in [5.41, 5.74) is 5.47. The van der Waals surface area contributed by atoms with Crippen molar-refractivity contribution in [2.75, 3.05) is 5.32 Å². The number of aryl methyl sites for hydroxylation is 2. The largest absolute Gasteiger partial charge is 0.381 e. The van der Waals surface area contributed by atoms with Gasteiger partial charge in [0, 0.05) is 22.8 Å². The van der Waals surface area contributed by atoms with Crippen LogP contribution in [0.25, 0.3) is 0 Å². The van der Waals surface area contributed by atoms with Crippen LogP contribution in [-0.4, -0.2) is 6.29 Å². The fourth-order valence-electron chi connectivity index (χ4n) is 2.69. The molecule has 3 rings (SSSR count). The molecule has 1 N–H and O–H groups in total. The van der Waals surface area contributed by atoms with Gasteiger partial charge in [-0.3, -0.25) is 4.79 Å². The molecule has 0 aliphatic rings. The van der Waals surface area contributed by atoms with Crippen molar-refractivity contribution in [3.05, 3.63) is 100 Å². The van der Waals surface area contributed by atoms with E-state index in [1.807, 2.05) is 30.3 Å². The van der Waals surface area contributed by atoms with Gasteiger partial charge in [-0.1, -0.05) is 60.1 Å². The second kappa shape index (κ2) is 8.50. The highest BCUT2D eigenvalue weighted by Gasteiger charge is 1.99. The number of hydrogen-bond donors (Lipinski definition) is 1. The Morgan fingerprint density at radius 1 is 0.800 bits per heavy atom. The first kappa shape index (κ1) is 17.2. The normalized spacial score (nSPS) is 10.4. The molecule has 0 spiro atoms. The minimum absolute atomic E-state index is 0.683. The van der Waals surface area contributed by atoms with Crippen molar-refractivity contribution in [1.82, 2.24) is 0 Å². The van der Waals surface area contributed by atoms with Crippen LogP contribution < -0.4 is 5.32 Å². The highest BCUT2D eigenvalue weighted by Crippen LogP contribution is 2.14. The molecule has 0 fully saturated rings. The van der Waals surface area contributed by atoms with E-state index in [9.17, 15) is 4.79 Å².